The van der Waals surface area contributed by atoms with Gasteiger partial charge in [-0.25, -0.2) is 23.3 Å². The van der Waals surface area contributed by atoms with Gasteiger partial charge in [0.15, 0.2) is 0 Å². The van der Waals surface area contributed by atoms with E-state index in [1.807, 2.05) is 24.3 Å². The number of aromatic nitrogens is 2. The van der Waals surface area contributed by atoms with E-state index in [2.05, 4.69) is 15.3 Å². The molecule has 3 aromatic carbocycles. The van der Waals surface area contributed by atoms with Crippen molar-refractivity contribution >= 4 is 44.8 Å². The van der Waals surface area contributed by atoms with Crippen molar-refractivity contribution in [3.05, 3.63) is 107 Å². The van der Waals surface area contributed by atoms with Crippen LogP contribution in [0.2, 0.25) is 0 Å². The van der Waals surface area contributed by atoms with Crippen molar-refractivity contribution in [3.63, 3.8) is 0 Å². The first kappa shape index (κ1) is 25.1. The molecular weight excluding hydrogens is 502 g/mol. The second-order valence-corrected chi connectivity index (χ2v) is 10.9. The summed E-state index contributed by atoms with van der Waals surface area (Å²) >= 11 is 0. The second kappa shape index (κ2) is 10.1. The van der Waals surface area contributed by atoms with Crippen LogP contribution >= 0.6 is 0 Å². The molecule has 0 unspecified atom stereocenters. The van der Waals surface area contributed by atoms with E-state index >= 15 is 0 Å². The van der Waals surface area contributed by atoms with Gasteiger partial charge < -0.3 is 5.32 Å². The number of rotatable bonds is 8. The number of sulfonamides is 1. The largest absolute Gasteiger partial charge is 0.324 e. The minimum absolute atomic E-state index is 0.341. The maximum Gasteiger partial charge on any atom is 0.266 e. The van der Waals surface area contributed by atoms with Crippen LogP contribution in [0.1, 0.15) is 32.0 Å². The maximum atomic E-state index is 12.7. The van der Waals surface area contributed by atoms with Gasteiger partial charge in [-0.15, -0.1) is 0 Å². The SMILES string of the molecule is CN(c1ccccc1CCc1ccnc(Nc2ccc(N3C(=O)c4ccccc4C3=O)cc2)n1)S(C)(=O)=O. The number of fused-ring (bicyclic) bond motifs is 1. The zero-order valence-corrected chi connectivity index (χ0v) is 21.6. The van der Waals surface area contributed by atoms with E-state index in [1.54, 1.807) is 67.8 Å². The number of para-hydroxylation sites is 1. The summed E-state index contributed by atoms with van der Waals surface area (Å²) in [6.45, 7) is 0. The van der Waals surface area contributed by atoms with Gasteiger partial charge in [0, 0.05) is 24.6 Å². The van der Waals surface area contributed by atoms with Gasteiger partial charge >= 0.3 is 0 Å². The lowest BCUT2D eigenvalue weighted by molar-refractivity contribution is 0.0926. The summed E-state index contributed by atoms with van der Waals surface area (Å²) in [5, 5.41) is 3.15. The monoisotopic (exact) mass is 527 g/mol. The number of amides is 2. The third kappa shape index (κ3) is 4.98. The molecule has 0 saturated heterocycles. The van der Waals surface area contributed by atoms with E-state index in [0.29, 0.717) is 47.0 Å². The van der Waals surface area contributed by atoms with E-state index in [0.717, 1.165) is 11.3 Å². The molecule has 0 fully saturated rings. The van der Waals surface area contributed by atoms with Gasteiger partial charge in [0.25, 0.3) is 11.8 Å². The lowest BCUT2D eigenvalue weighted by Gasteiger charge is -2.20. The van der Waals surface area contributed by atoms with E-state index in [1.165, 1.54) is 15.5 Å². The minimum atomic E-state index is -3.37. The lowest BCUT2D eigenvalue weighted by atomic mass is 10.1. The van der Waals surface area contributed by atoms with Crippen molar-refractivity contribution in [2.45, 2.75) is 12.8 Å². The second-order valence-electron chi connectivity index (χ2n) is 8.89. The number of benzene rings is 3. The Kier molecular flexibility index (Phi) is 6.64. The number of hydrogen-bond donors (Lipinski definition) is 1. The van der Waals surface area contributed by atoms with E-state index in [4.69, 9.17) is 0 Å². The van der Waals surface area contributed by atoms with E-state index in [9.17, 15) is 18.0 Å². The molecule has 4 aromatic rings. The third-order valence-electron chi connectivity index (χ3n) is 6.37. The highest BCUT2D eigenvalue weighted by Crippen LogP contribution is 2.29. The summed E-state index contributed by atoms with van der Waals surface area (Å²) in [4.78, 5) is 35.5. The molecule has 2 amide bonds. The van der Waals surface area contributed by atoms with Gasteiger partial charge in [0.05, 0.1) is 28.8 Å². The van der Waals surface area contributed by atoms with Gasteiger partial charge in [0.2, 0.25) is 16.0 Å². The summed E-state index contributed by atoms with van der Waals surface area (Å²) in [5.74, 6) is -0.282. The van der Waals surface area contributed by atoms with Crippen LogP contribution in [-0.4, -0.2) is 43.5 Å². The number of anilines is 4. The minimum Gasteiger partial charge on any atom is -0.324 e. The molecule has 1 N–H and O–H groups in total. The molecule has 2 heterocycles. The third-order valence-corrected chi connectivity index (χ3v) is 7.56. The Morgan fingerprint density at radius 1 is 0.842 bits per heavy atom. The fourth-order valence-corrected chi connectivity index (χ4v) is 4.85. The number of nitrogens with one attached hydrogen (secondary N) is 1. The summed E-state index contributed by atoms with van der Waals surface area (Å²) < 4.78 is 25.3. The highest BCUT2D eigenvalue weighted by molar-refractivity contribution is 7.92. The summed E-state index contributed by atoms with van der Waals surface area (Å²) in [6, 6.07) is 22.9. The van der Waals surface area contributed by atoms with Crippen LogP contribution in [0.3, 0.4) is 0 Å². The number of imide groups is 1. The molecule has 38 heavy (non-hydrogen) atoms. The molecule has 0 bridgehead atoms. The molecule has 1 aliphatic rings. The van der Waals surface area contributed by atoms with Gasteiger partial charge in [-0.3, -0.25) is 13.9 Å². The van der Waals surface area contributed by atoms with Crippen LogP contribution in [0.5, 0.6) is 0 Å². The van der Waals surface area contributed by atoms with Crippen LogP contribution in [-0.2, 0) is 22.9 Å². The van der Waals surface area contributed by atoms with Crippen LogP contribution < -0.4 is 14.5 Å². The Morgan fingerprint density at radius 2 is 1.47 bits per heavy atom. The van der Waals surface area contributed by atoms with Gasteiger partial charge in [0.1, 0.15) is 0 Å². The predicted octanol–water partition coefficient (Wildman–Crippen LogP) is 4.20. The van der Waals surface area contributed by atoms with Crippen LogP contribution in [0.15, 0.2) is 85.1 Å². The van der Waals surface area contributed by atoms with Crippen molar-refractivity contribution < 1.29 is 18.0 Å². The molecule has 0 radical (unpaired) electrons. The fraction of sp³-hybridized carbons (Fsp3) is 0.143. The molecule has 1 aromatic heterocycles. The number of nitrogens with zero attached hydrogens (tertiary/aromatic N) is 4. The Hall–Kier alpha value is -4.57. The van der Waals surface area contributed by atoms with Crippen molar-refractivity contribution in [1.29, 1.82) is 0 Å². The normalized spacial score (nSPS) is 12.9. The molecule has 0 spiro atoms. The first-order valence-electron chi connectivity index (χ1n) is 11.9. The Morgan fingerprint density at radius 3 is 2.13 bits per heavy atom. The van der Waals surface area contributed by atoms with E-state index < -0.39 is 10.0 Å². The summed E-state index contributed by atoms with van der Waals surface area (Å²) in [7, 11) is -1.83. The number of carbonyl (C=O) groups is 2. The molecule has 0 saturated carbocycles. The summed E-state index contributed by atoms with van der Waals surface area (Å²) in [5.41, 5.74) is 4.31. The van der Waals surface area contributed by atoms with Crippen molar-refractivity contribution in [2.24, 2.45) is 0 Å². The average Bonchev–Trinajstić information content (AvgIpc) is 3.17. The Bertz CT molecular complexity index is 1600. The highest BCUT2D eigenvalue weighted by Gasteiger charge is 2.36. The fourth-order valence-electron chi connectivity index (χ4n) is 4.31. The molecule has 1 aliphatic heterocycles. The van der Waals surface area contributed by atoms with E-state index in [-0.39, 0.29) is 11.8 Å². The number of aryl methyl sites for hydroxylation is 2. The zero-order chi connectivity index (χ0) is 26.9. The molecule has 10 heteroatoms. The molecular formula is C28H25N5O4S. The standard InChI is InChI=1S/C28H25N5O4S/c1-32(38(2,36)37)25-10-6-3-7-19(25)11-12-21-17-18-29-28(31-21)30-20-13-15-22(16-14-20)33-26(34)23-8-4-5-9-24(23)27(33)35/h3-10,13-18H,11-12H2,1-2H3,(H,29,30,31). The first-order chi connectivity index (χ1) is 18.2. The quantitative estimate of drug-likeness (QED) is 0.342. The van der Waals surface area contributed by atoms with Crippen LogP contribution in [0.25, 0.3) is 0 Å². The van der Waals surface area contributed by atoms with Gasteiger partial charge in [-0.1, -0.05) is 30.3 Å². The van der Waals surface area contributed by atoms with Gasteiger partial charge in [-0.05, 0) is 66.9 Å². The number of hydrogen-bond acceptors (Lipinski definition) is 7. The van der Waals surface area contributed by atoms with Crippen molar-refractivity contribution in [2.75, 3.05) is 27.8 Å². The van der Waals surface area contributed by atoms with Crippen LogP contribution in [0, 0.1) is 0 Å². The van der Waals surface area contributed by atoms with Crippen molar-refractivity contribution in [1.82, 2.24) is 9.97 Å². The smallest absolute Gasteiger partial charge is 0.266 e. The predicted molar refractivity (Wildman–Crippen MR) is 146 cm³/mol. The number of carbonyl (C=O) groups excluding carboxylic acids is 2. The average molecular weight is 528 g/mol. The first-order valence-corrected chi connectivity index (χ1v) is 13.8. The molecule has 5 rings (SSSR count). The molecule has 192 valence electrons. The maximum absolute atomic E-state index is 12.7. The van der Waals surface area contributed by atoms with Gasteiger partial charge in [-0.2, -0.15) is 0 Å². The lowest BCUT2D eigenvalue weighted by Crippen LogP contribution is -2.29. The molecule has 9 nitrogen and oxygen atoms in total. The zero-order valence-electron chi connectivity index (χ0n) is 20.8. The Labute approximate surface area is 220 Å². The topological polar surface area (TPSA) is 113 Å². The Balaban J connectivity index is 1.27. The highest BCUT2D eigenvalue weighted by atomic mass is 32.2. The van der Waals surface area contributed by atoms with Crippen LogP contribution in [0.4, 0.5) is 23.0 Å². The molecule has 0 aliphatic carbocycles. The van der Waals surface area contributed by atoms with Crippen molar-refractivity contribution in [3.8, 4) is 0 Å². The molecule has 0 atom stereocenters. The summed E-state index contributed by atoms with van der Waals surface area (Å²) in [6.07, 6.45) is 4.02.